The lowest BCUT2D eigenvalue weighted by atomic mass is 9.81. The predicted octanol–water partition coefficient (Wildman–Crippen LogP) is 1.81. The third kappa shape index (κ3) is 1.67. The number of carbonyl (C=O) groups excluding carboxylic acids is 1. The summed E-state index contributed by atoms with van der Waals surface area (Å²) in [6.07, 6.45) is 3.98. The third-order valence-corrected chi connectivity index (χ3v) is 3.82. The van der Waals surface area contributed by atoms with Crippen LogP contribution < -0.4 is 0 Å². The van der Waals surface area contributed by atoms with Crippen LogP contribution in [-0.2, 0) is 9.53 Å². The lowest BCUT2D eigenvalue weighted by molar-refractivity contribution is -0.128. The highest BCUT2D eigenvalue weighted by molar-refractivity contribution is 5.80. The number of amides is 1. The molecule has 2 unspecified atom stereocenters. The Morgan fingerprint density at radius 1 is 1.47 bits per heavy atom. The summed E-state index contributed by atoms with van der Waals surface area (Å²) in [5, 5.41) is 0. The Labute approximate surface area is 91.8 Å². The molecule has 2 heterocycles. The van der Waals surface area contributed by atoms with E-state index in [-0.39, 0.29) is 17.6 Å². The first kappa shape index (κ1) is 10.9. The van der Waals surface area contributed by atoms with E-state index in [4.69, 9.17) is 4.74 Å². The van der Waals surface area contributed by atoms with Crippen LogP contribution in [0.1, 0.15) is 39.5 Å². The van der Waals surface area contributed by atoms with Crippen LogP contribution in [0.3, 0.4) is 0 Å². The molecule has 0 bridgehead atoms. The minimum absolute atomic E-state index is 0.168. The molecule has 2 aliphatic rings. The molecule has 0 radical (unpaired) electrons. The molecule has 0 aliphatic carbocycles. The highest BCUT2D eigenvalue weighted by Crippen LogP contribution is 2.42. The maximum absolute atomic E-state index is 11.8. The average Bonchev–Trinajstić information content (AvgIpc) is 2.40. The van der Waals surface area contributed by atoms with Gasteiger partial charge in [-0.25, -0.2) is 0 Å². The second kappa shape index (κ2) is 3.78. The molecular weight excluding hydrogens is 190 g/mol. The number of carbonyl (C=O) groups is 1. The largest absolute Gasteiger partial charge is 0.372 e. The molecular formula is C12H21NO2. The van der Waals surface area contributed by atoms with Crippen molar-refractivity contribution in [3.05, 3.63) is 0 Å². The van der Waals surface area contributed by atoms with Crippen molar-refractivity contribution in [3.8, 4) is 0 Å². The number of likely N-dealkylation sites (tertiary alicyclic amines) is 1. The van der Waals surface area contributed by atoms with Crippen molar-refractivity contribution in [1.82, 2.24) is 4.90 Å². The van der Waals surface area contributed by atoms with E-state index in [0.717, 1.165) is 19.4 Å². The van der Waals surface area contributed by atoms with Gasteiger partial charge in [0, 0.05) is 13.7 Å². The predicted molar refractivity (Wildman–Crippen MR) is 58.5 cm³/mol. The molecule has 0 aromatic heterocycles. The Hall–Kier alpha value is -0.570. The van der Waals surface area contributed by atoms with Crippen molar-refractivity contribution < 1.29 is 9.53 Å². The van der Waals surface area contributed by atoms with Gasteiger partial charge in [-0.3, -0.25) is 4.79 Å². The molecule has 3 heteroatoms. The normalized spacial score (nSPS) is 36.9. The van der Waals surface area contributed by atoms with E-state index in [9.17, 15) is 4.79 Å². The van der Waals surface area contributed by atoms with E-state index in [2.05, 4.69) is 13.8 Å². The minimum atomic E-state index is -0.168. The van der Waals surface area contributed by atoms with Crippen molar-refractivity contribution in [2.45, 2.75) is 51.2 Å². The molecule has 2 fully saturated rings. The van der Waals surface area contributed by atoms with Gasteiger partial charge in [-0.05, 0) is 25.2 Å². The van der Waals surface area contributed by atoms with Crippen LogP contribution in [-0.4, -0.2) is 36.1 Å². The Morgan fingerprint density at radius 3 is 2.73 bits per heavy atom. The van der Waals surface area contributed by atoms with Crippen molar-refractivity contribution in [2.24, 2.45) is 5.92 Å². The third-order valence-electron chi connectivity index (χ3n) is 3.82. The monoisotopic (exact) mass is 211 g/mol. The van der Waals surface area contributed by atoms with Gasteiger partial charge in [0.15, 0.2) is 0 Å². The zero-order valence-electron chi connectivity index (χ0n) is 9.95. The molecule has 2 saturated heterocycles. The number of rotatable bonds is 1. The quantitative estimate of drug-likeness (QED) is 0.662. The summed E-state index contributed by atoms with van der Waals surface area (Å²) in [6.45, 7) is 5.18. The molecule has 0 aromatic carbocycles. The lowest BCUT2D eigenvalue weighted by Gasteiger charge is -2.41. The fourth-order valence-corrected chi connectivity index (χ4v) is 3.29. The van der Waals surface area contributed by atoms with Crippen LogP contribution in [0.15, 0.2) is 0 Å². The summed E-state index contributed by atoms with van der Waals surface area (Å²) >= 11 is 0. The van der Waals surface area contributed by atoms with Gasteiger partial charge in [0.2, 0.25) is 5.91 Å². The van der Waals surface area contributed by atoms with E-state index >= 15 is 0 Å². The zero-order chi connectivity index (χ0) is 11.1. The molecule has 15 heavy (non-hydrogen) atoms. The van der Waals surface area contributed by atoms with Crippen molar-refractivity contribution in [2.75, 3.05) is 13.7 Å². The Balaban J connectivity index is 2.25. The van der Waals surface area contributed by atoms with Gasteiger partial charge >= 0.3 is 0 Å². The number of hydrogen-bond donors (Lipinski definition) is 0. The molecule has 86 valence electrons. The van der Waals surface area contributed by atoms with E-state index in [0.29, 0.717) is 12.3 Å². The summed E-state index contributed by atoms with van der Waals surface area (Å²) in [6, 6.07) is 0.269. The topological polar surface area (TPSA) is 29.5 Å². The number of ether oxygens (including phenoxy) is 1. The maximum atomic E-state index is 11.8. The SMILES string of the molecule is CC(C)C1N(C)C(=O)CC12CCCCO2. The standard InChI is InChI=1S/C12H21NO2/c1-9(2)11-12(6-4-5-7-15-12)8-10(14)13(11)3/h9,11H,4-8H2,1-3H3. The van der Waals surface area contributed by atoms with Gasteiger partial charge in [-0.2, -0.15) is 0 Å². The summed E-state index contributed by atoms with van der Waals surface area (Å²) in [5.74, 6) is 0.718. The molecule has 2 aliphatic heterocycles. The van der Waals surface area contributed by atoms with E-state index in [1.54, 1.807) is 0 Å². The Morgan fingerprint density at radius 2 is 2.20 bits per heavy atom. The fourth-order valence-electron chi connectivity index (χ4n) is 3.29. The van der Waals surface area contributed by atoms with Gasteiger partial charge in [-0.15, -0.1) is 0 Å². The van der Waals surface area contributed by atoms with Crippen molar-refractivity contribution in [3.63, 3.8) is 0 Å². The zero-order valence-corrected chi connectivity index (χ0v) is 9.95. The van der Waals surface area contributed by atoms with Crippen LogP contribution in [0.5, 0.6) is 0 Å². The number of nitrogens with zero attached hydrogens (tertiary/aromatic N) is 1. The Bertz CT molecular complexity index is 256. The summed E-state index contributed by atoms with van der Waals surface area (Å²) in [5.41, 5.74) is -0.168. The molecule has 3 nitrogen and oxygen atoms in total. The first-order valence-electron chi connectivity index (χ1n) is 5.96. The van der Waals surface area contributed by atoms with Gasteiger partial charge in [-0.1, -0.05) is 13.8 Å². The van der Waals surface area contributed by atoms with Crippen molar-refractivity contribution in [1.29, 1.82) is 0 Å². The Kier molecular flexibility index (Phi) is 2.75. The fraction of sp³-hybridized carbons (Fsp3) is 0.917. The van der Waals surface area contributed by atoms with Crippen molar-refractivity contribution >= 4 is 5.91 Å². The summed E-state index contributed by atoms with van der Waals surface area (Å²) < 4.78 is 5.98. The highest BCUT2D eigenvalue weighted by Gasteiger charge is 2.52. The van der Waals surface area contributed by atoms with Gasteiger partial charge in [0.05, 0.1) is 18.1 Å². The molecule has 0 N–H and O–H groups in total. The lowest BCUT2D eigenvalue weighted by Crippen LogP contribution is -2.50. The van der Waals surface area contributed by atoms with Crippen LogP contribution >= 0.6 is 0 Å². The summed E-state index contributed by atoms with van der Waals surface area (Å²) in [4.78, 5) is 13.7. The smallest absolute Gasteiger partial charge is 0.225 e. The number of hydrogen-bond acceptors (Lipinski definition) is 2. The van der Waals surface area contributed by atoms with Gasteiger partial charge in [0.1, 0.15) is 0 Å². The summed E-state index contributed by atoms with van der Waals surface area (Å²) in [7, 11) is 1.92. The van der Waals surface area contributed by atoms with Crippen LogP contribution in [0.4, 0.5) is 0 Å². The minimum Gasteiger partial charge on any atom is -0.372 e. The molecule has 2 rings (SSSR count). The molecule has 1 spiro atoms. The van der Waals surface area contributed by atoms with Crippen LogP contribution in [0.2, 0.25) is 0 Å². The first-order valence-corrected chi connectivity index (χ1v) is 5.96. The average molecular weight is 211 g/mol. The second-order valence-corrected chi connectivity index (χ2v) is 5.24. The van der Waals surface area contributed by atoms with Crippen LogP contribution in [0, 0.1) is 5.92 Å². The van der Waals surface area contributed by atoms with Gasteiger partial charge in [0.25, 0.3) is 0 Å². The first-order chi connectivity index (χ1) is 7.07. The molecule has 0 aromatic rings. The second-order valence-electron chi connectivity index (χ2n) is 5.24. The highest BCUT2D eigenvalue weighted by atomic mass is 16.5. The van der Waals surface area contributed by atoms with Gasteiger partial charge < -0.3 is 9.64 Å². The van der Waals surface area contributed by atoms with Crippen LogP contribution in [0.25, 0.3) is 0 Å². The molecule has 1 amide bonds. The van der Waals surface area contributed by atoms with E-state index in [1.165, 1.54) is 6.42 Å². The molecule has 2 atom stereocenters. The number of likely N-dealkylation sites (N-methyl/N-ethyl adjacent to an activating group) is 1. The maximum Gasteiger partial charge on any atom is 0.225 e. The van der Waals surface area contributed by atoms with E-state index < -0.39 is 0 Å². The van der Waals surface area contributed by atoms with E-state index in [1.807, 2.05) is 11.9 Å². The molecule has 0 saturated carbocycles.